The third-order valence-electron chi connectivity index (χ3n) is 3.81. The van der Waals surface area contributed by atoms with Crippen LogP contribution in [0.15, 0.2) is 30.5 Å². The monoisotopic (exact) mass is 290 g/mol. The first kappa shape index (κ1) is 13.2. The number of hydrogen-bond donors (Lipinski definition) is 1. The molecule has 4 nitrogen and oxygen atoms in total. The van der Waals surface area contributed by atoms with E-state index in [9.17, 15) is 9.90 Å². The zero-order valence-corrected chi connectivity index (χ0v) is 11.7. The van der Waals surface area contributed by atoms with Crippen LogP contribution in [0.3, 0.4) is 0 Å². The molecule has 2 aromatic rings. The summed E-state index contributed by atoms with van der Waals surface area (Å²) in [6, 6.07) is 7.67. The van der Waals surface area contributed by atoms with Crippen molar-refractivity contribution in [1.29, 1.82) is 0 Å². The Bertz CT molecular complexity index is 651. The summed E-state index contributed by atoms with van der Waals surface area (Å²) in [5.41, 5.74) is 1.82. The highest BCUT2D eigenvalue weighted by molar-refractivity contribution is 6.31. The van der Waals surface area contributed by atoms with E-state index < -0.39 is 11.9 Å². The average molecular weight is 291 g/mol. The lowest BCUT2D eigenvalue weighted by Gasteiger charge is -2.22. The lowest BCUT2D eigenvalue weighted by Crippen LogP contribution is -2.22. The van der Waals surface area contributed by atoms with Gasteiger partial charge in [-0.15, -0.1) is 0 Å². The average Bonchev–Trinajstić information content (AvgIpc) is 2.84. The zero-order chi connectivity index (χ0) is 14.1. The minimum absolute atomic E-state index is 0.434. The van der Waals surface area contributed by atoms with Gasteiger partial charge in [0.2, 0.25) is 0 Å². The molecule has 0 aliphatic carbocycles. The molecule has 1 unspecified atom stereocenters. The van der Waals surface area contributed by atoms with Crippen molar-refractivity contribution in [2.75, 3.05) is 0 Å². The normalized spacial score (nSPS) is 17.8. The SMILES string of the molecule is O=C(O)C1CCCn2c1cnc2Cc1ccccc1Cl. The first-order valence-electron chi connectivity index (χ1n) is 6.67. The summed E-state index contributed by atoms with van der Waals surface area (Å²) in [4.78, 5) is 15.7. The molecule has 0 amide bonds. The van der Waals surface area contributed by atoms with Crippen LogP contribution in [0, 0.1) is 0 Å². The van der Waals surface area contributed by atoms with E-state index in [4.69, 9.17) is 11.6 Å². The molecule has 0 saturated heterocycles. The van der Waals surface area contributed by atoms with Crippen LogP contribution in [0.2, 0.25) is 5.02 Å². The summed E-state index contributed by atoms with van der Waals surface area (Å²) in [6.45, 7) is 0.832. The molecule has 1 aliphatic heterocycles. The van der Waals surface area contributed by atoms with Crippen molar-refractivity contribution >= 4 is 17.6 Å². The van der Waals surface area contributed by atoms with Crippen molar-refractivity contribution in [3.8, 4) is 0 Å². The van der Waals surface area contributed by atoms with E-state index in [0.717, 1.165) is 35.1 Å². The van der Waals surface area contributed by atoms with Gasteiger partial charge < -0.3 is 9.67 Å². The summed E-state index contributed by atoms with van der Waals surface area (Å²) in [5, 5.41) is 9.98. The molecule has 0 bridgehead atoms. The van der Waals surface area contributed by atoms with E-state index in [-0.39, 0.29) is 0 Å². The van der Waals surface area contributed by atoms with E-state index in [2.05, 4.69) is 4.98 Å². The van der Waals surface area contributed by atoms with Crippen molar-refractivity contribution < 1.29 is 9.90 Å². The second-order valence-electron chi connectivity index (χ2n) is 5.05. The number of imidazole rings is 1. The van der Waals surface area contributed by atoms with Crippen LogP contribution in [0.5, 0.6) is 0 Å². The molecule has 1 aromatic carbocycles. The standard InChI is InChI=1S/C15H15ClN2O2/c16-12-6-2-1-4-10(12)8-14-17-9-13-11(15(19)20)5-3-7-18(13)14/h1-2,4,6,9,11H,3,5,7-8H2,(H,19,20). The third-order valence-corrected chi connectivity index (χ3v) is 4.17. The number of nitrogens with zero attached hydrogens (tertiary/aromatic N) is 2. The van der Waals surface area contributed by atoms with Crippen LogP contribution in [-0.2, 0) is 17.8 Å². The summed E-state index contributed by atoms with van der Waals surface area (Å²) in [7, 11) is 0. The Morgan fingerprint density at radius 1 is 1.45 bits per heavy atom. The number of hydrogen-bond acceptors (Lipinski definition) is 2. The molecule has 0 spiro atoms. The Kier molecular flexibility index (Phi) is 3.49. The highest BCUT2D eigenvalue weighted by atomic mass is 35.5. The van der Waals surface area contributed by atoms with Gasteiger partial charge in [0, 0.05) is 24.2 Å². The largest absolute Gasteiger partial charge is 0.481 e. The third kappa shape index (κ3) is 2.31. The maximum absolute atomic E-state index is 11.3. The number of aromatic nitrogens is 2. The van der Waals surface area contributed by atoms with Gasteiger partial charge in [0.25, 0.3) is 0 Å². The van der Waals surface area contributed by atoms with Gasteiger partial charge >= 0.3 is 5.97 Å². The van der Waals surface area contributed by atoms with Gasteiger partial charge in [0.1, 0.15) is 5.82 Å². The number of rotatable bonds is 3. The van der Waals surface area contributed by atoms with E-state index in [1.54, 1.807) is 6.20 Å². The molecular weight excluding hydrogens is 276 g/mol. The Hall–Kier alpha value is -1.81. The van der Waals surface area contributed by atoms with Gasteiger partial charge in [-0.25, -0.2) is 4.98 Å². The fraction of sp³-hybridized carbons (Fsp3) is 0.333. The molecule has 0 fully saturated rings. The van der Waals surface area contributed by atoms with Gasteiger partial charge in [-0.1, -0.05) is 29.8 Å². The maximum atomic E-state index is 11.3. The Morgan fingerprint density at radius 2 is 2.25 bits per heavy atom. The van der Waals surface area contributed by atoms with Crippen LogP contribution in [0.1, 0.15) is 35.8 Å². The van der Waals surface area contributed by atoms with E-state index in [0.29, 0.717) is 12.8 Å². The summed E-state index contributed by atoms with van der Waals surface area (Å²) in [6.07, 6.45) is 3.89. The second-order valence-corrected chi connectivity index (χ2v) is 5.46. The Labute approximate surface area is 122 Å². The first-order chi connectivity index (χ1) is 9.66. The zero-order valence-electron chi connectivity index (χ0n) is 10.9. The number of carboxylic acids is 1. The predicted octanol–water partition coefficient (Wildman–Crippen LogP) is 3.09. The molecule has 2 heterocycles. The predicted molar refractivity (Wildman–Crippen MR) is 76.1 cm³/mol. The molecule has 20 heavy (non-hydrogen) atoms. The van der Waals surface area contributed by atoms with Crippen LogP contribution in [-0.4, -0.2) is 20.6 Å². The molecule has 1 aliphatic rings. The van der Waals surface area contributed by atoms with E-state index in [1.165, 1.54) is 0 Å². The van der Waals surface area contributed by atoms with Crippen molar-refractivity contribution in [2.24, 2.45) is 0 Å². The number of fused-ring (bicyclic) bond motifs is 1. The molecule has 0 saturated carbocycles. The number of halogens is 1. The van der Waals surface area contributed by atoms with Crippen molar-refractivity contribution in [1.82, 2.24) is 9.55 Å². The van der Waals surface area contributed by atoms with Gasteiger partial charge in [0.15, 0.2) is 0 Å². The molecule has 0 radical (unpaired) electrons. The van der Waals surface area contributed by atoms with Gasteiger partial charge in [-0.2, -0.15) is 0 Å². The first-order valence-corrected chi connectivity index (χ1v) is 7.05. The van der Waals surface area contributed by atoms with Crippen LogP contribution >= 0.6 is 11.6 Å². The van der Waals surface area contributed by atoms with E-state index in [1.807, 2.05) is 28.8 Å². The van der Waals surface area contributed by atoms with Crippen molar-refractivity contribution in [3.63, 3.8) is 0 Å². The topological polar surface area (TPSA) is 55.1 Å². The quantitative estimate of drug-likeness (QED) is 0.945. The van der Waals surface area contributed by atoms with Gasteiger partial charge in [-0.05, 0) is 24.5 Å². The van der Waals surface area contributed by atoms with Crippen molar-refractivity contribution in [3.05, 3.63) is 52.6 Å². The highest BCUT2D eigenvalue weighted by Gasteiger charge is 2.28. The van der Waals surface area contributed by atoms with Gasteiger partial charge in [-0.3, -0.25) is 4.79 Å². The van der Waals surface area contributed by atoms with Gasteiger partial charge in [0.05, 0.1) is 11.6 Å². The lowest BCUT2D eigenvalue weighted by molar-refractivity contribution is -0.139. The molecule has 5 heteroatoms. The molecule has 1 aromatic heterocycles. The maximum Gasteiger partial charge on any atom is 0.312 e. The number of benzene rings is 1. The minimum Gasteiger partial charge on any atom is -0.481 e. The molecular formula is C15H15ClN2O2. The lowest BCUT2D eigenvalue weighted by atomic mass is 9.96. The minimum atomic E-state index is -0.768. The molecule has 1 N–H and O–H groups in total. The number of carboxylic acid groups (broad SMARTS) is 1. The summed E-state index contributed by atoms with van der Waals surface area (Å²) < 4.78 is 2.03. The smallest absolute Gasteiger partial charge is 0.312 e. The fourth-order valence-corrected chi connectivity index (χ4v) is 2.97. The van der Waals surface area contributed by atoms with Crippen LogP contribution in [0.25, 0.3) is 0 Å². The fourth-order valence-electron chi connectivity index (χ4n) is 2.77. The van der Waals surface area contributed by atoms with Crippen LogP contribution < -0.4 is 0 Å². The molecule has 1 atom stereocenters. The molecule has 104 valence electrons. The van der Waals surface area contributed by atoms with Crippen molar-refractivity contribution in [2.45, 2.75) is 31.7 Å². The number of carbonyl (C=O) groups is 1. The molecule has 3 rings (SSSR count). The Morgan fingerprint density at radius 3 is 3.00 bits per heavy atom. The van der Waals surface area contributed by atoms with E-state index >= 15 is 0 Å². The Balaban J connectivity index is 1.93. The highest BCUT2D eigenvalue weighted by Crippen LogP contribution is 2.29. The number of aliphatic carboxylic acids is 1. The summed E-state index contributed by atoms with van der Waals surface area (Å²) >= 11 is 6.17. The summed E-state index contributed by atoms with van der Waals surface area (Å²) in [5.74, 6) is -0.314. The second kappa shape index (κ2) is 5.29. The van der Waals surface area contributed by atoms with Crippen LogP contribution in [0.4, 0.5) is 0 Å².